The summed E-state index contributed by atoms with van der Waals surface area (Å²) in [5.41, 5.74) is -2.08. The van der Waals surface area contributed by atoms with Gasteiger partial charge in [-0.25, -0.2) is 9.59 Å². The highest BCUT2D eigenvalue weighted by Gasteiger charge is 2.52. The minimum Gasteiger partial charge on any atom is -0.478 e. The number of hydrogen-bond donors (Lipinski definition) is 1. The van der Waals surface area contributed by atoms with E-state index in [1.807, 2.05) is 0 Å². The Morgan fingerprint density at radius 2 is 2.00 bits per heavy atom. The Morgan fingerprint density at radius 1 is 1.35 bits per heavy atom. The van der Waals surface area contributed by atoms with E-state index < -0.39 is 29.4 Å². The Kier molecular flexibility index (Phi) is 4.85. The minimum atomic E-state index is -2.11. The summed E-state index contributed by atoms with van der Waals surface area (Å²) in [5, 5.41) is 9.41. The summed E-state index contributed by atoms with van der Waals surface area (Å²) in [4.78, 5) is 35.1. The third kappa shape index (κ3) is 2.96. The molecule has 2 unspecified atom stereocenters. The van der Waals surface area contributed by atoms with Crippen LogP contribution in [0.4, 0.5) is 0 Å². The predicted molar refractivity (Wildman–Crippen MR) is 69.7 cm³/mol. The van der Waals surface area contributed by atoms with Crippen LogP contribution in [0.3, 0.4) is 0 Å². The van der Waals surface area contributed by atoms with Crippen LogP contribution in [-0.4, -0.2) is 35.2 Å². The van der Waals surface area contributed by atoms with Gasteiger partial charge in [0.1, 0.15) is 5.92 Å². The number of esters is 2. The molecule has 1 rings (SSSR count). The van der Waals surface area contributed by atoms with Gasteiger partial charge in [-0.3, -0.25) is 4.79 Å². The van der Waals surface area contributed by atoms with Gasteiger partial charge in [-0.2, -0.15) is 0 Å². The zero-order chi connectivity index (χ0) is 15.3. The van der Waals surface area contributed by atoms with Crippen molar-refractivity contribution in [2.24, 2.45) is 5.92 Å². The molecule has 0 heterocycles. The highest BCUT2D eigenvalue weighted by Crippen LogP contribution is 2.31. The van der Waals surface area contributed by atoms with Gasteiger partial charge in [0.05, 0.1) is 6.61 Å². The summed E-state index contributed by atoms with van der Waals surface area (Å²) in [5.74, 6) is -4.36. The number of carboxylic acids is 1. The zero-order valence-electron chi connectivity index (χ0n) is 11.3. The lowest BCUT2D eigenvalue weighted by Gasteiger charge is -2.32. The lowest BCUT2D eigenvalue weighted by molar-refractivity contribution is -0.180. The third-order valence-corrected chi connectivity index (χ3v) is 2.71. The Balaban J connectivity index is 3.19. The first-order valence-electron chi connectivity index (χ1n) is 6.00. The molecule has 6 nitrogen and oxygen atoms in total. The molecular formula is C14H16O6. The molecule has 0 amide bonds. The first-order valence-corrected chi connectivity index (χ1v) is 6.00. The van der Waals surface area contributed by atoms with Gasteiger partial charge in [-0.05, 0) is 19.9 Å². The molecule has 0 bridgehead atoms. The molecule has 0 fully saturated rings. The smallest absolute Gasteiger partial charge is 0.353 e. The number of hydrogen-bond acceptors (Lipinski definition) is 5. The maximum atomic E-state index is 11.9. The average Bonchev–Trinajstić information content (AvgIpc) is 2.39. The summed E-state index contributed by atoms with van der Waals surface area (Å²) >= 11 is 0. The number of rotatable bonds is 5. The third-order valence-electron chi connectivity index (χ3n) is 2.71. The molecule has 6 heteroatoms. The highest BCUT2D eigenvalue weighted by molar-refractivity contribution is 5.95. The topological polar surface area (TPSA) is 89.9 Å². The Labute approximate surface area is 116 Å². The van der Waals surface area contributed by atoms with Gasteiger partial charge < -0.3 is 14.6 Å². The van der Waals surface area contributed by atoms with Crippen LogP contribution in [0.25, 0.3) is 0 Å². The maximum absolute atomic E-state index is 11.9. The van der Waals surface area contributed by atoms with Crippen LogP contribution in [0.5, 0.6) is 0 Å². The van der Waals surface area contributed by atoms with E-state index in [0.717, 1.165) is 6.08 Å². The molecule has 0 aromatic heterocycles. The van der Waals surface area contributed by atoms with Crippen molar-refractivity contribution in [1.29, 1.82) is 0 Å². The Morgan fingerprint density at radius 3 is 2.50 bits per heavy atom. The monoisotopic (exact) mass is 280 g/mol. The molecule has 2 atom stereocenters. The van der Waals surface area contributed by atoms with Crippen molar-refractivity contribution in [3.05, 3.63) is 36.5 Å². The molecule has 0 spiro atoms. The number of allylic oxidation sites excluding steroid dienone is 2. The summed E-state index contributed by atoms with van der Waals surface area (Å²) in [6, 6.07) is 0. The molecule has 1 N–H and O–H groups in total. The zero-order valence-corrected chi connectivity index (χ0v) is 11.3. The van der Waals surface area contributed by atoms with Crippen LogP contribution < -0.4 is 0 Å². The normalized spacial score (nSPS) is 24.0. The van der Waals surface area contributed by atoms with Gasteiger partial charge in [-0.15, -0.1) is 0 Å². The number of carboxylic acid groups (broad SMARTS) is 1. The molecule has 0 aromatic carbocycles. The van der Waals surface area contributed by atoms with E-state index in [1.165, 1.54) is 25.2 Å². The molecule has 0 saturated heterocycles. The van der Waals surface area contributed by atoms with Crippen molar-refractivity contribution in [1.82, 2.24) is 0 Å². The fraction of sp³-hybridized carbons (Fsp3) is 0.357. The van der Waals surface area contributed by atoms with Crippen LogP contribution in [0, 0.1) is 5.92 Å². The fourth-order valence-electron chi connectivity index (χ4n) is 1.69. The van der Waals surface area contributed by atoms with E-state index >= 15 is 0 Å². The molecule has 20 heavy (non-hydrogen) atoms. The van der Waals surface area contributed by atoms with E-state index in [-0.39, 0.29) is 12.2 Å². The molecule has 1 aliphatic rings. The molecule has 0 aliphatic heterocycles. The first kappa shape index (κ1) is 15.7. The van der Waals surface area contributed by atoms with E-state index in [4.69, 9.17) is 9.47 Å². The van der Waals surface area contributed by atoms with Gasteiger partial charge in [0.2, 0.25) is 5.60 Å². The number of carbonyl (C=O) groups is 3. The second kappa shape index (κ2) is 6.18. The molecule has 0 saturated carbocycles. The van der Waals surface area contributed by atoms with Crippen LogP contribution in [0.1, 0.15) is 13.8 Å². The van der Waals surface area contributed by atoms with Crippen LogP contribution in [0.15, 0.2) is 36.5 Å². The van der Waals surface area contributed by atoms with Crippen molar-refractivity contribution in [3.8, 4) is 0 Å². The van der Waals surface area contributed by atoms with Crippen LogP contribution in [-0.2, 0) is 23.9 Å². The summed E-state index contributed by atoms with van der Waals surface area (Å²) in [6.07, 6.45) is 5.38. The first-order chi connectivity index (χ1) is 9.35. The molecule has 108 valence electrons. The Hall–Kier alpha value is -2.37. The summed E-state index contributed by atoms with van der Waals surface area (Å²) in [6.45, 7) is 6.47. The van der Waals surface area contributed by atoms with Gasteiger partial charge in [-0.1, -0.05) is 24.8 Å². The lowest BCUT2D eigenvalue weighted by atomic mass is 9.83. The van der Waals surface area contributed by atoms with Crippen LogP contribution in [0.2, 0.25) is 0 Å². The summed E-state index contributed by atoms with van der Waals surface area (Å²) in [7, 11) is 0. The molecular weight excluding hydrogens is 264 g/mol. The second-order valence-electron chi connectivity index (χ2n) is 4.24. The van der Waals surface area contributed by atoms with Gasteiger partial charge in [0.25, 0.3) is 0 Å². The van der Waals surface area contributed by atoms with E-state index in [1.54, 1.807) is 6.92 Å². The maximum Gasteiger partial charge on any atom is 0.353 e. The molecule has 0 aromatic rings. The second-order valence-corrected chi connectivity index (χ2v) is 4.24. The van der Waals surface area contributed by atoms with Gasteiger partial charge >= 0.3 is 17.9 Å². The molecule has 0 radical (unpaired) electrons. The van der Waals surface area contributed by atoms with Gasteiger partial charge in [0, 0.05) is 5.57 Å². The van der Waals surface area contributed by atoms with E-state index in [0.29, 0.717) is 0 Å². The van der Waals surface area contributed by atoms with Crippen molar-refractivity contribution >= 4 is 17.9 Å². The van der Waals surface area contributed by atoms with Gasteiger partial charge in [0.15, 0.2) is 0 Å². The van der Waals surface area contributed by atoms with Crippen molar-refractivity contribution in [2.45, 2.75) is 19.4 Å². The Bertz CT molecular complexity index is 502. The van der Waals surface area contributed by atoms with Crippen LogP contribution >= 0.6 is 0 Å². The van der Waals surface area contributed by atoms with E-state index in [9.17, 15) is 19.5 Å². The molecule has 1 aliphatic carbocycles. The largest absolute Gasteiger partial charge is 0.478 e. The number of carbonyl (C=O) groups excluding carboxylic acids is 2. The minimum absolute atomic E-state index is 0.0381. The van der Waals surface area contributed by atoms with E-state index in [2.05, 4.69) is 6.58 Å². The summed E-state index contributed by atoms with van der Waals surface area (Å²) < 4.78 is 9.83. The van der Waals surface area contributed by atoms with Crippen molar-refractivity contribution in [3.63, 3.8) is 0 Å². The number of aliphatic carboxylic acids is 1. The van der Waals surface area contributed by atoms with Crippen molar-refractivity contribution < 1.29 is 29.0 Å². The SMILES string of the molecule is C=C(C)C(=O)OC1(C(=O)O)C=CC=CC1C(=O)OCC. The standard InChI is InChI=1S/C14H16O6/c1-4-19-12(16)10-7-5-6-8-14(10,13(17)18)20-11(15)9(2)3/h5-8,10H,2,4H2,1,3H3,(H,17,18). The van der Waals surface area contributed by atoms with Crippen molar-refractivity contribution in [2.75, 3.05) is 6.61 Å². The predicted octanol–water partition coefficient (Wildman–Crippen LogP) is 1.23. The average molecular weight is 280 g/mol. The quantitative estimate of drug-likeness (QED) is 0.602. The fourth-order valence-corrected chi connectivity index (χ4v) is 1.69. The lowest BCUT2D eigenvalue weighted by Crippen LogP contribution is -2.51. The number of ether oxygens (including phenoxy) is 2. The highest BCUT2D eigenvalue weighted by atomic mass is 16.6.